The summed E-state index contributed by atoms with van der Waals surface area (Å²) in [6.45, 7) is 0.334. The maximum Gasteiger partial charge on any atom is 0.303 e. The number of hydrogen-bond donors (Lipinski definition) is 2. The van der Waals surface area contributed by atoms with Crippen molar-refractivity contribution in [1.29, 1.82) is 0 Å². The van der Waals surface area contributed by atoms with Crippen LogP contribution in [0.25, 0.3) is 0 Å². The Morgan fingerprint density at radius 2 is 0.897 bits per heavy atom. The topological polar surface area (TPSA) is 57.5 Å². The zero-order chi connectivity index (χ0) is 21.3. The Labute approximate surface area is 178 Å². The smallest absolute Gasteiger partial charge is 0.303 e. The van der Waals surface area contributed by atoms with Crippen molar-refractivity contribution < 1.29 is 15.0 Å². The second-order valence-electron chi connectivity index (χ2n) is 7.22. The predicted molar refractivity (Wildman–Crippen MR) is 125 cm³/mol. The van der Waals surface area contributed by atoms with E-state index in [4.69, 9.17) is 10.2 Å². The lowest BCUT2D eigenvalue weighted by atomic mass is 10.1. The summed E-state index contributed by atoms with van der Waals surface area (Å²) in [7, 11) is 0. The maximum atomic E-state index is 10.4. The molecule has 3 nitrogen and oxygen atoms in total. The third kappa shape index (κ3) is 26.1. The van der Waals surface area contributed by atoms with Crippen LogP contribution in [0.3, 0.4) is 0 Å². The molecule has 3 heteroatoms. The zero-order valence-electron chi connectivity index (χ0n) is 18.2. The van der Waals surface area contributed by atoms with Gasteiger partial charge in [-0.3, -0.25) is 4.79 Å². The van der Waals surface area contributed by atoms with Gasteiger partial charge in [0, 0.05) is 13.0 Å². The number of carboxylic acid groups (broad SMARTS) is 1. The van der Waals surface area contributed by atoms with Gasteiger partial charge in [-0.2, -0.15) is 0 Å². The molecule has 0 heterocycles. The molecule has 0 aromatic rings. The first kappa shape index (κ1) is 27.1. The van der Waals surface area contributed by atoms with Gasteiger partial charge in [0.1, 0.15) is 0 Å². The van der Waals surface area contributed by atoms with E-state index in [1.54, 1.807) is 0 Å². The van der Waals surface area contributed by atoms with Gasteiger partial charge in [-0.05, 0) is 57.8 Å². The number of carbonyl (C=O) groups is 1. The summed E-state index contributed by atoms with van der Waals surface area (Å²) < 4.78 is 0. The second kappa shape index (κ2) is 24.2. The Hall–Kier alpha value is -1.87. The minimum atomic E-state index is -0.718. The number of hydrogen-bond acceptors (Lipinski definition) is 2. The van der Waals surface area contributed by atoms with Crippen molar-refractivity contribution in [2.24, 2.45) is 0 Å². The highest BCUT2D eigenvalue weighted by Crippen LogP contribution is 2.07. The van der Waals surface area contributed by atoms with Gasteiger partial charge in [-0.15, -0.1) is 0 Å². The summed E-state index contributed by atoms with van der Waals surface area (Å²) >= 11 is 0. The van der Waals surface area contributed by atoms with Crippen LogP contribution in [0.2, 0.25) is 0 Å². The van der Waals surface area contributed by atoms with E-state index >= 15 is 0 Å². The first-order valence-electron chi connectivity index (χ1n) is 11.3. The summed E-state index contributed by atoms with van der Waals surface area (Å²) in [5, 5.41) is 17.3. The minimum absolute atomic E-state index is 0.253. The zero-order valence-corrected chi connectivity index (χ0v) is 18.2. The summed E-state index contributed by atoms with van der Waals surface area (Å²) in [5.41, 5.74) is 0. The van der Waals surface area contributed by atoms with E-state index in [1.165, 1.54) is 32.1 Å². The number of carboxylic acids is 1. The highest BCUT2D eigenvalue weighted by Gasteiger charge is 1.92. The number of allylic oxidation sites excluding steroid dienone is 10. The van der Waals surface area contributed by atoms with E-state index in [-0.39, 0.29) is 6.42 Å². The fourth-order valence-electron chi connectivity index (χ4n) is 2.77. The van der Waals surface area contributed by atoms with Crippen molar-refractivity contribution in [3.63, 3.8) is 0 Å². The van der Waals surface area contributed by atoms with E-state index in [0.29, 0.717) is 13.0 Å². The first-order chi connectivity index (χ1) is 14.3. The molecule has 29 heavy (non-hydrogen) atoms. The van der Waals surface area contributed by atoms with Gasteiger partial charge >= 0.3 is 5.97 Å². The lowest BCUT2D eigenvalue weighted by Crippen LogP contribution is -1.92. The molecule has 0 amide bonds. The molecular formula is C26H42O3. The van der Waals surface area contributed by atoms with Crippen LogP contribution in [0.5, 0.6) is 0 Å². The van der Waals surface area contributed by atoms with Crippen molar-refractivity contribution in [3.05, 3.63) is 60.8 Å². The van der Waals surface area contributed by atoms with Gasteiger partial charge in [-0.25, -0.2) is 0 Å². The molecule has 0 saturated carbocycles. The van der Waals surface area contributed by atoms with Crippen molar-refractivity contribution in [2.75, 3.05) is 6.61 Å². The van der Waals surface area contributed by atoms with Gasteiger partial charge in [0.25, 0.3) is 0 Å². The van der Waals surface area contributed by atoms with Gasteiger partial charge in [0.15, 0.2) is 0 Å². The molecule has 0 bridgehead atoms. The van der Waals surface area contributed by atoms with Crippen LogP contribution in [-0.4, -0.2) is 22.8 Å². The average Bonchev–Trinajstić information content (AvgIpc) is 2.71. The van der Waals surface area contributed by atoms with Crippen LogP contribution in [-0.2, 0) is 4.79 Å². The number of aliphatic carboxylic acids is 1. The van der Waals surface area contributed by atoms with Gasteiger partial charge < -0.3 is 10.2 Å². The Morgan fingerprint density at radius 1 is 0.517 bits per heavy atom. The van der Waals surface area contributed by atoms with Crippen LogP contribution in [0.1, 0.15) is 89.9 Å². The van der Waals surface area contributed by atoms with Crippen molar-refractivity contribution >= 4 is 5.97 Å². The summed E-state index contributed by atoms with van der Waals surface area (Å²) in [4.78, 5) is 10.4. The lowest BCUT2D eigenvalue weighted by Gasteiger charge is -1.98. The fraction of sp³-hybridized carbons (Fsp3) is 0.577. The molecule has 0 aliphatic carbocycles. The monoisotopic (exact) mass is 402 g/mol. The normalized spacial score (nSPS) is 12.6. The van der Waals surface area contributed by atoms with Gasteiger partial charge in [-0.1, -0.05) is 86.4 Å². The standard InChI is InChI=1S/C26H42O3/c27-25-23-21-19-17-15-13-11-9-7-5-3-1-2-4-6-8-10-12-14-16-18-20-22-24-26(28)29/h1,3-4,6-7,9-10,12,16,18,27H,2,5,8,11,13-15,17,19-25H2,(H,28,29)/b3-1+,6-4-,9-7+,12-10+,18-16+. The molecule has 0 fully saturated rings. The van der Waals surface area contributed by atoms with Gasteiger partial charge in [0.2, 0.25) is 0 Å². The average molecular weight is 403 g/mol. The summed E-state index contributed by atoms with van der Waals surface area (Å²) in [6.07, 6.45) is 35.9. The molecule has 0 unspecified atom stereocenters. The Bertz CT molecular complexity index is 498. The highest BCUT2D eigenvalue weighted by molar-refractivity contribution is 5.66. The third-order valence-corrected chi connectivity index (χ3v) is 4.46. The summed E-state index contributed by atoms with van der Waals surface area (Å²) in [6, 6.07) is 0. The van der Waals surface area contributed by atoms with Crippen molar-refractivity contribution in [1.82, 2.24) is 0 Å². The van der Waals surface area contributed by atoms with Gasteiger partial charge in [0.05, 0.1) is 0 Å². The van der Waals surface area contributed by atoms with E-state index in [1.807, 2.05) is 0 Å². The largest absolute Gasteiger partial charge is 0.481 e. The molecule has 0 aliphatic rings. The summed E-state index contributed by atoms with van der Waals surface area (Å²) in [5.74, 6) is -0.718. The number of rotatable bonds is 20. The molecule has 0 spiro atoms. The van der Waals surface area contributed by atoms with E-state index in [0.717, 1.165) is 44.9 Å². The molecule has 0 aromatic carbocycles. The second-order valence-corrected chi connectivity index (χ2v) is 7.22. The highest BCUT2D eigenvalue weighted by atomic mass is 16.4. The lowest BCUT2D eigenvalue weighted by molar-refractivity contribution is -0.137. The van der Waals surface area contributed by atoms with E-state index < -0.39 is 5.97 Å². The Balaban J connectivity index is 3.41. The minimum Gasteiger partial charge on any atom is -0.481 e. The molecule has 0 aromatic heterocycles. The number of unbranched alkanes of at least 4 members (excludes halogenated alkanes) is 7. The van der Waals surface area contributed by atoms with Crippen LogP contribution in [0.15, 0.2) is 60.8 Å². The van der Waals surface area contributed by atoms with Crippen LogP contribution in [0, 0.1) is 0 Å². The maximum absolute atomic E-state index is 10.4. The molecule has 0 aliphatic heterocycles. The van der Waals surface area contributed by atoms with Crippen LogP contribution in [0.4, 0.5) is 0 Å². The third-order valence-electron chi connectivity index (χ3n) is 4.46. The molecular weight excluding hydrogens is 360 g/mol. The molecule has 0 rings (SSSR count). The SMILES string of the molecule is O=C(O)CCC/C=C/C/C=C/C/C=C\C/C=C/C/C=C/CCCCCCCCO. The first-order valence-corrected chi connectivity index (χ1v) is 11.3. The number of aliphatic hydroxyl groups is 1. The molecule has 0 atom stereocenters. The molecule has 0 radical (unpaired) electrons. The Morgan fingerprint density at radius 3 is 1.34 bits per heavy atom. The molecule has 2 N–H and O–H groups in total. The van der Waals surface area contributed by atoms with E-state index in [2.05, 4.69) is 60.8 Å². The van der Waals surface area contributed by atoms with Crippen LogP contribution >= 0.6 is 0 Å². The molecule has 0 saturated heterocycles. The quantitative estimate of drug-likeness (QED) is 0.166. The Kier molecular flexibility index (Phi) is 22.6. The number of aliphatic hydroxyl groups excluding tert-OH is 1. The molecule has 164 valence electrons. The fourth-order valence-corrected chi connectivity index (χ4v) is 2.77. The van der Waals surface area contributed by atoms with Crippen LogP contribution < -0.4 is 0 Å². The van der Waals surface area contributed by atoms with Crippen molar-refractivity contribution in [3.8, 4) is 0 Å². The van der Waals surface area contributed by atoms with Crippen molar-refractivity contribution in [2.45, 2.75) is 89.9 Å². The predicted octanol–water partition coefficient (Wildman–Crippen LogP) is 7.31. The van der Waals surface area contributed by atoms with E-state index in [9.17, 15) is 4.79 Å².